The standard InChI is InChI=1S/C18H13Cl3N2O3S/c19-10-1-3-11(4-2-10)23(15(24)7-8-16(25)26)9-14-22-18-13(27-14)6-5-12(20)17(18)21/h1-6H,7-9H2,(H,25,26). The molecule has 0 atom stereocenters. The molecule has 0 saturated carbocycles. The van der Waals surface area contributed by atoms with Crippen molar-refractivity contribution in [1.82, 2.24) is 4.98 Å². The zero-order valence-corrected chi connectivity index (χ0v) is 16.9. The first-order valence-corrected chi connectivity index (χ1v) is 9.81. The Bertz CT molecular complexity index is 1010. The number of halogens is 3. The fraction of sp³-hybridized carbons (Fsp3) is 0.167. The van der Waals surface area contributed by atoms with Crippen LogP contribution in [0.15, 0.2) is 36.4 Å². The summed E-state index contributed by atoms with van der Waals surface area (Å²) in [7, 11) is 0. The fourth-order valence-corrected chi connectivity index (χ4v) is 3.99. The molecule has 9 heteroatoms. The van der Waals surface area contributed by atoms with Crippen LogP contribution in [0.1, 0.15) is 17.8 Å². The van der Waals surface area contributed by atoms with E-state index in [0.29, 0.717) is 31.3 Å². The van der Waals surface area contributed by atoms with Gasteiger partial charge in [-0.3, -0.25) is 9.59 Å². The van der Waals surface area contributed by atoms with Crippen molar-refractivity contribution in [1.29, 1.82) is 0 Å². The van der Waals surface area contributed by atoms with Gasteiger partial charge in [-0.05, 0) is 36.4 Å². The average Bonchev–Trinajstić information content (AvgIpc) is 3.05. The second-order valence-electron chi connectivity index (χ2n) is 5.67. The second-order valence-corrected chi connectivity index (χ2v) is 8.00. The Morgan fingerprint density at radius 2 is 1.74 bits per heavy atom. The summed E-state index contributed by atoms with van der Waals surface area (Å²) in [6, 6.07) is 10.3. The van der Waals surface area contributed by atoms with Crippen molar-refractivity contribution in [2.24, 2.45) is 0 Å². The predicted octanol–water partition coefficient (Wildman–Crippen LogP) is 5.65. The lowest BCUT2D eigenvalue weighted by atomic mass is 10.2. The van der Waals surface area contributed by atoms with E-state index >= 15 is 0 Å². The number of aromatic nitrogens is 1. The van der Waals surface area contributed by atoms with E-state index in [4.69, 9.17) is 39.9 Å². The van der Waals surface area contributed by atoms with Crippen molar-refractivity contribution in [3.63, 3.8) is 0 Å². The Labute approximate surface area is 174 Å². The minimum atomic E-state index is -1.03. The molecule has 1 amide bonds. The van der Waals surface area contributed by atoms with Gasteiger partial charge >= 0.3 is 5.97 Å². The maximum absolute atomic E-state index is 12.6. The third-order valence-corrected chi connectivity index (χ3v) is 5.83. The Morgan fingerprint density at radius 1 is 1.04 bits per heavy atom. The minimum absolute atomic E-state index is 0.116. The molecule has 0 bridgehead atoms. The lowest BCUT2D eigenvalue weighted by Gasteiger charge is -2.21. The summed E-state index contributed by atoms with van der Waals surface area (Å²) in [4.78, 5) is 29.5. The number of fused-ring (bicyclic) bond motifs is 1. The van der Waals surface area contributed by atoms with Gasteiger partial charge < -0.3 is 10.0 Å². The zero-order chi connectivity index (χ0) is 19.6. The number of carbonyl (C=O) groups is 2. The molecule has 0 radical (unpaired) electrons. The summed E-state index contributed by atoms with van der Waals surface area (Å²) < 4.78 is 0.855. The Morgan fingerprint density at radius 3 is 2.41 bits per heavy atom. The van der Waals surface area contributed by atoms with Crippen LogP contribution in [0.25, 0.3) is 10.2 Å². The van der Waals surface area contributed by atoms with E-state index in [-0.39, 0.29) is 25.3 Å². The van der Waals surface area contributed by atoms with Crippen molar-refractivity contribution >= 4 is 73.9 Å². The highest BCUT2D eigenvalue weighted by Gasteiger charge is 2.20. The number of carboxylic acid groups (broad SMARTS) is 1. The molecule has 140 valence electrons. The van der Waals surface area contributed by atoms with Gasteiger partial charge in [0.2, 0.25) is 5.91 Å². The number of aliphatic carboxylic acids is 1. The molecule has 0 aliphatic rings. The summed E-state index contributed by atoms with van der Waals surface area (Å²) >= 11 is 19.6. The van der Waals surface area contributed by atoms with Gasteiger partial charge in [-0.25, -0.2) is 4.98 Å². The molecule has 1 heterocycles. The normalized spacial score (nSPS) is 10.9. The van der Waals surface area contributed by atoms with Crippen molar-refractivity contribution < 1.29 is 14.7 Å². The Hall–Kier alpha value is -1.86. The largest absolute Gasteiger partial charge is 0.481 e. The molecule has 0 unspecified atom stereocenters. The first-order valence-electron chi connectivity index (χ1n) is 7.86. The molecule has 1 N–H and O–H groups in total. The molecule has 1 aromatic heterocycles. The third kappa shape index (κ3) is 4.71. The van der Waals surface area contributed by atoms with Crippen LogP contribution in [-0.4, -0.2) is 22.0 Å². The van der Waals surface area contributed by atoms with Crippen LogP contribution in [0.4, 0.5) is 5.69 Å². The maximum atomic E-state index is 12.6. The molecule has 0 aliphatic heterocycles. The van der Waals surface area contributed by atoms with Crippen LogP contribution >= 0.6 is 46.1 Å². The quantitative estimate of drug-likeness (QED) is 0.534. The molecule has 27 heavy (non-hydrogen) atoms. The van der Waals surface area contributed by atoms with Crippen molar-refractivity contribution in [2.45, 2.75) is 19.4 Å². The summed E-state index contributed by atoms with van der Waals surface area (Å²) in [6.45, 7) is 0.188. The Kier molecular flexibility index (Phi) is 6.22. The lowest BCUT2D eigenvalue weighted by molar-refractivity contribution is -0.138. The number of amides is 1. The van der Waals surface area contributed by atoms with Gasteiger partial charge in [-0.15, -0.1) is 11.3 Å². The molecular weight excluding hydrogens is 431 g/mol. The number of hydrogen-bond acceptors (Lipinski definition) is 4. The highest BCUT2D eigenvalue weighted by Crippen LogP contribution is 2.34. The van der Waals surface area contributed by atoms with Gasteiger partial charge in [0.05, 0.1) is 27.7 Å². The van der Waals surface area contributed by atoms with Crippen LogP contribution in [0.3, 0.4) is 0 Å². The van der Waals surface area contributed by atoms with E-state index in [1.165, 1.54) is 16.2 Å². The van der Waals surface area contributed by atoms with Crippen LogP contribution in [0.5, 0.6) is 0 Å². The van der Waals surface area contributed by atoms with Crippen molar-refractivity contribution in [2.75, 3.05) is 4.90 Å². The van der Waals surface area contributed by atoms with E-state index in [0.717, 1.165) is 4.70 Å². The van der Waals surface area contributed by atoms with E-state index in [1.807, 2.05) is 6.07 Å². The van der Waals surface area contributed by atoms with Crippen LogP contribution in [-0.2, 0) is 16.1 Å². The van der Waals surface area contributed by atoms with Gasteiger partial charge in [0.15, 0.2) is 0 Å². The van der Waals surface area contributed by atoms with Gasteiger partial charge in [0.1, 0.15) is 10.5 Å². The number of thiazole rings is 1. The number of nitrogens with zero attached hydrogens (tertiary/aromatic N) is 2. The minimum Gasteiger partial charge on any atom is -0.481 e. The summed E-state index contributed by atoms with van der Waals surface area (Å²) in [5.41, 5.74) is 1.19. The van der Waals surface area contributed by atoms with E-state index in [1.54, 1.807) is 30.3 Å². The highest BCUT2D eigenvalue weighted by molar-refractivity contribution is 7.18. The first kappa shape index (κ1) is 19.9. The Balaban J connectivity index is 1.93. The lowest BCUT2D eigenvalue weighted by Crippen LogP contribution is -2.30. The molecule has 0 fully saturated rings. The predicted molar refractivity (Wildman–Crippen MR) is 109 cm³/mol. The molecular formula is C18H13Cl3N2O3S. The molecule has 0 spiro atoms. The number of benzene rings is 2. The zero-order valence-electron chi connectivity index (χ0n) is 13.8. The number of carboxylic acids is 1. The molecule has 3 aromatic rings. The first-order chi connectivity index (χ1) is 12.8. The average molecular weight is 444 g/mol. The SMILES string of the molecule is O=C(O)CCC(=O)N(Cc1nc2c(Cl)c(Cl)ccc2s1)c1ccc(Cl)cc1. The highest BCUT2D eigenvalue weighted by atomic mass is 35.5. The fourth-order valence-electron chi connectivity index (χ4n) is 2.48. The van der Waals surface area contributed by atoms with Gasteiger partial charge in [-0.1, -0.05) is 34.8 Å². The molecule has 0 aliphatic carbocycles. The number of carbonyl (C=O) groups excluding carboxylic acids is 1. The van der Waals surface area contributed by atoms with Gasteiger partial charge in [0, 0.05) is 17.1 Å². The van der Waals surface area contributed by atoms with E-state index in [2.05, 4.69) is 4.98 Å². The monoisotopic (exact) mass is 442 g/mol. The number of rotatable bonds is 6. The van der Waals surface area contributed by atoms with Crippen molar-refractivity contribution in [3.05, 3.63) is 56.5 Å². The summed E-state index contributed by atoms with van der Waals surface area (Å²) in [6.07, 6.45) is -0.361. The van der Waals surface area contributed by atoms with E-state index < -0.39 is 5.97 Å². The van der Waals surface area contributed by atoms with Gasteiger partial charge in [-0.2, -0.15) is 0 Å². The van der Waals surface area contributed by atoms with E-state index in [9.17, 15) is 9.59 Å². The van der Waals surface area contributed by atoms with Crippen molar-refractivity contribution in [3.8, 4) is 0 Å². The smallest absolute Gasteiger partial charge is 0.303 e. The molecule has 3 rings (SSSR count). The topological polar surface area (TPSA) is 70.5 Å². The van der Waals surface area contributed by atoms with Crippen LogP contribution in [0, 0.1) is 0 Å². The summed E-state index contributed by atoms with van der Waals surface area (Å²) in [5.74, 6) is -1.34. The molecule has 0 saturated heterocycles. The van der Waals surface area contributed by atoms with Gasteiger partial charge in [0.25, 0.3) is 0 Å². The second kappa shape index (κ2) is 8.44. The van der Waals surface area contributed by atoms with Crippen LogP contribution < -0.4 is 4.90 Å². The third-order valence-electron chi connectivity index (χ3n) is 3.78. The number of hydrogen-bond donors (Lipinski definition) is 1. The molecule has 5 nitrogen and oxygen atoms in total. The molecule has 2 aromatic carbocycles. The van der Waals surface area contributed by atoms with Crippen LogP contribution in [0.2, 0.25) is 15.1 Å². The summed E-state index contributed by atoms with van der Waals surface area (Å²) in [5, 5.41) is 10.8. The maximum Gasteiger partial charge on any atom is 0.303 e. The number of anilines is 1.